The molecule has 11 heteroatoms. The summed E-state index contributed by atoms with van der Waals surface area (Å²) in [7, 11) is 0. The van der Waals surface area contributed by atoms with E-state index in [1.165, 1.54) is 18.6 Å². The zero-order chi connectivity index (χ0) is 19.8. The second kappa shape index (κ2) is 6.56. The second-order valence-electron chi connectivity index (χ2n) is 5.54. The molecule has 3 rings (SSSR count). The van der Waals surface area contributed by atoms with E-state index in [1.54, 1.807) is 6.92 Å². The maximum absolute atomic E-state index is 13.2. The molecule has 0 spiro atoms. The van der Waals surface area contributed by atoms with E-state index in [1.807, 2.05) is 0 Å². The number of H-pyrrole nitrogens is 1. The number of alkyl halides is 6. The van der Waals surface area contributed by atoms with Gasteiger partial charge >= 0.3 is 12.4 Å². The summed E-state index contributed by atoms with van der Waals surface area (Å²) in [5.41, 5.74) is -0.355. The van der Waals surface area contributed by atoms with Crippen molar-refractivity contribution in [3.8, 4) is 0 Å². The molecule has 0 fully saturated rings. The van der Waals surface area contributed by atoms with Crippen LogP contribution in [0, 0.1) is 6.92 Å². The average Bonchev–Trinajstić information content (AvgIpc) is 2.97. The standard InChI is InChI=1S/C16H11F6N5/c1-8-12(24-7-23-8)6-25-27-11-5-13(16(20,21)22)26-14-9(11)3-2-4-10(14)15(17,18)19/h2-7H,1H3,(H,23,24)(H,26,27)/b25-6+. The zero-order valence-electron chi connectivity index (χ0n) is 13.6. The predicted molar refractivity (Wildman–Crippen MR) is 86.3 cm³/mol. The van der Waals surface area contributed by atoms with Gasteiger partial charge in [0, 0.05) is 11.1 Å². The molecule has 2 N–H and O–H groups in total. The Labute approximate surface area is 148 Å². The molecular weight excluding hydrogens is 376 g/mol. The molecule has 0 bridgehead atoms. The fourth-order valence-electron chi connectivity index (χ4n) is 2.38. The molecule has 2 aromatic heterocycles. The summed E-state index contributed by atoms with van der Waals surface area (Å²) in [6.07, 6.45) is -7.15. The van der Waals surface area contributed by atoms with Gasteiger partial charge in [-0.25, -0.2) is 9.97 Å². The summed E-state index contributed by atoms with van der Waals surface area (Å²) in [5, 5.41) is 3.63. The molecule has 27 heavy (non-hydrogen) atoms. The Kier molecular flexibility index (Phi) is 4.54. The predicted octanol–water partition coefficient (Wildman–Crippen LogP) is 4.75. The van der Waals surface area contributed by atoms with Crippen LogP contribution in [0.25, 0.3) is 10.9 Å². The third kappa shape index (κ3) is 3.86. The van der Waals surface area contributed by atoms with Crippen molar-refractivity contribution in [2.24, 2.45) is 5.10 Å². The minimum atomic E-state index is -4.92. The highest BCUT2D eigenvalue weighted by Gasteiger charge is 2.37. The van der Waals surface area contributed by atoms with Gasteiger partial charge in [-0.1, -0.05) is 12.1 Å². The minimum Gasteiger partial charge on any atom is -0.348 e. The van der Waals surface area contributed by atoms with E-state index in [0.29, 0.717) is 23.5 Å². The van der Waals surface area contributed by atoms with Gasteiger partial charge in [-0.2, -0.15) is 31.4 Å². The van der Waals surface area contributed by atoms with Gasteiger partial charge in [0.2, 0.25) is 0 Å². The maximum Gasteiger partial charge on any atom is 0.433 e. The normalized spacial score (nSPS) is 12.9. The third-order valence-electron chi connectivity index (χ3n) is 3.68. The van der Waals surface area contributed by atoms with Gasteiger partial charge in [0.15, 0.2) is 0 Å². The largest absolute Gasteiger partial charge is 0.433 e. The van der Waals surface area contributed by atoms with Crippen LogP contribution in [0.2, 0.25) is 0 Å². The van der Waals surface area contributed by atoms with E-state index < -0.39 is 29.1 Å². The highest BCUT2D eigenvalue weighted by molar-refractivity contribution is 5.94. The molecule has 0 amide bonds. The summed E-state index contributed by atoms with van der Waals surface area (Å²) in [6.45, 7) is 1.70. The monoisotopic (exact) mass is 387 g/mol. The number of fused-ring (bicyclic) bond motifs is 1. The Balaban J connectivity index is 2.13. The lowest BCUT2D eigenvalue weighted by molar-refractivity contribution is -0.142. The van der Waals surface area contributed by atoms with Crippen molar-refractivity contribution < 1.29 is 26.3 Å². The Morgan fingerprint density at radius 2 is 1.85 bits per heavy atom. The number of para-hydroxylation sites is 1. The highest BCUT2D eigenvalue weighted by atomic mass is 19.4. The highest BCUT2D eigenvalue weighted by Crippen LogP contribution is 2.39. The van der Waals surface area contributed by atoms with E-state index in [9.17, 15) is 26.3 Å². The number of hydrazone groups is 1. The molecule has 0 saturated carbocycles. The fraction of sp³-hybridized carbons (Fsp3) is 0.188. The van der Waals surface area contributed by atoms with Crippen molar-refractivity contribution in [2.75, 3.05) is 5.43 Å². The summed E-state index contributed by atoms with van der Waals surface area (Å²) in [6, 6.07) is 3.61. The summed E-state index contributed by atoms with van der Waals surface area (Å²) >= 11 is 0. The molecule has 0 aliphatic heterocycles. The number of pyridine rings is 1. The van der Waals surface area contributed by atoms with Gasteiger partial charge in [0.05, 0.1) is 29.3 Å². The number of hydrogen-bond acceptors (Lipinski definition) is 4. The van der Waals surface area contributed by atoms with Crippen LogP contribution in [0.5, 0.6) is 0 Å². The number of imidazole rings is 1. The van der Waals surface area contributed by atoms with Gasteiger partial charge in [-0.05, 0) is 19.1 Å². The smallest absolute Gasteiger partial charge is 0.348 e. The molecule has 5 nitrogen and oxygen atoms in total. The van der Waals surface area contributed by atoms with E-state index in [2.05, 4.69) is 25.5 Å². The van der Waals surface area contributed by atoms with Crippen LogP contribution in [0.3, 0.4) is 0 Å². The topological polar surface area (TPSA) is 66.0 Å². The molecule has 0 radical (unpaired) electrons. The number of hydrogen-bond donors (Lipinski definition) is 2. The lowest BCUT2D eigenvalue weighted by Gasteiger charge is -2.15. The molecule has 2 heterocycles. The first-order valence-corrected chi connectivity index (χ1v) is 7.44. The number of nitrogens with one attached hydrogen (secondary N) is 2. The minimum absolute atomic E-state index is 0.145. The SMILES string of the molecule is Cc1[nH]cnc1/C=N/Nc1cc(C(F)(F)F)nc2c(C(F)(F)F)cccc12. The van der Waals surface area contributed by atoms with Crippen molar-refractivity contribution in [3.63, 3.8) is 0 Å². The number of anilines is 1. The van der Waals surface area contributed by atoms with Crippen molar-refractivity contribution in [2.45, 2.75) is 19.3 Å². The molecular formula is C16H11F6N5. The summed E-state index contributed by atoms with van der Waals surface area (Å²) in [4.78, 5) is 9.90. The first kappa shape index (κ1) is 18.7. The molecule has 0 aliphatic carbocycles. The first-order valence-electron chi connectivity index (χ1n) is 7.44. The maximum atomic E-state index is 13.2. The van der Waals surface area contributed by atoms with Crippen LogP contribution in [0.15, 0.2) is 35.7 Å². The zero-order valence-corrected chi connectivity index (χ0v) is 13.6. The lowest BCUT2D eigenvalue weighted by atomic mass is 10.1. The average molecular weight is 387 g/mol. The van der Waals surface area contributed by atoms with Gasteiger partial charge < -0.3 is 4.98 Å². The second-order valence-corrected chi connectivity index (χ2v) is 5.54. The van der Waals surface area contributed by atoms with Crippen LogP contribution in [0.4, 0.5) is 32.0 Å². The first-order chi connectivity index (χ1) is 12.6. The van der Waals surface area contributed by atoms with Crippen LogP contribution in [-0.4, -0.2) is 21.2 Å². The quantitative estimate of drug-likeness (QED) is 0.387. The molecule has 1 aromatic carbocycles. The number of halogens is 6. The van der Waals surface area contributed by atoms with Crippen molar-refractivity contribution in [3.05, 3.63) is 53.2 Å². The van der Waals surface area contributed by atoms with E-state index in [-0.39, 0.29) is 11.1 Å². The summed E-state index contributed by atoms with van der Waals surface area (Å²) < 4.78 is 78.8. The van der Waals surface area contributed by atoms with Gasteiger partial charge in [-0.3, -0.25) is 5.43 Å². The molecule has 0 unspecified atom stereocenters. The summed E-state index contributed by atoms with van der Waals surface area (Å²) in [5.74, 6) is 0. The van der Waals surface area contributed by atoms with Crippen LogP contribution in [0.1, 0.15) is 22.6 Å². The number of aryl methyl sites for hydroxylation is 1. The Morgan fingerprint density at radius 1 is 1.11 bits per heavy atom. The van der Waals surface area contributed by atoms with E-state index in [4.69, 9.17) is 0 Å². The van der Waals surface area contributed by atoms with Crippen molar-refractivity contribution in [1.29, 1.82) is 0 Å². The molecule has 0 saturated heterocycles. The number of aromatic nitrogens is 3. The number of benzene rings is 1. The number of aromatic amines is 1. The van der Waals surface area contributed by atoms with E-state index >= 15 is 0 Å². The lowest BCUT2D eigenvalue weighted by Crippen LogP contribution is -2.12. The van der Waals surface area contributed by atoms with E-state index in [0.717, 1.165) is 6.07 Å². The fourth-order valence-corrected chi connectivity index (χ4v) is 2.38. The molecule has 142 valence electrons. The number of nitrogens with zero attached hydrogens (tertiary/aromatic N) is 3. The molecule has 0 aliphatic rings. The van der Waals surface area contributed by atoms with Crippen molar-refractivity contribution in [1.82, 2.24) is 15.0 Å². The van der Waals surface area contributed by atoms with Gasteiger partial charge in [-0.15, -0.1) is 0 Å². The third-order valence-corrected chi connectivity index (χ3v) is 3.68. The van der Waals surface area contributed by atoms with Crippen LogP contribution in [-0.2, 0) is 12.4 Å². The Bertz CT molecular complexity index is 1000. The van der Waals surface area contributed by atoms with Gasteiger partial charge in [0.1, 0.15) is 11.4 Å². The van der Waals surface area contributed by atoms with Crippen LogP contribution < -0.4 is 5.43 Å². The molecule has 3 aromatic rings. The van der Waals surface area contributed by atoms with Crippen molar-refractivity contribution >= 4 is 22.8 Å². The number of rotatable bonds is 3. The Hall–Kier alpha value is -3.11. The van der Waals surface area contributed by atoms with Crippen LogP contribution >= 0.6 is 0 Å². The van der Waals surface area contributed by atoms with Gasteiger partial charge in [0.25, 0.3) is 0 Å². The Morgan fingerprint density at radius 3 is 2.44 bits per heavy atom. The molecule has 0 atom stereocenters.